The molecule has 0 atom stereocenters. The Kier molecular flexibility index (Phi) is 6.15. The van der Waals surface area contributed by atoms with Gasteiger partial charge in [0.15, 0.2) is 12.4 Å². The lowest BCUT2D eigenvalue weighted by atomic mass is 10.1. The maximum atomic E-state index is 12.1. The molecular formula is C18H16N2O6. The Bertz CT molecular complexity index is 845. The summed E-state index contributed by atoms with van der Waals surface area (Å²) in [5.74, 6) is -1.56. The van der Waals surface area contributed by atoms with Crippen molar-refractivity contribution in [2.75, 3.05) is 11.9 Å². The first kappa shape index (κ1) is 18.8. The third-order valence-electron chi connectivity index (χ3n) is 3.47. The molecule has 2 aromatic rings. The van der Waals surface area contributed by atoms with Gasteiger partial charge in [-0.15, -0.1) is 0 Å². The number of anilines is 1. The van der Waals surface area contributed by atoms with E-state index >= 15 is 0 Å². The molecule has 8 nitrogen and oxygen atoms in total. The number of rotatable bonds is 7. The first-order chi connectivity index (χ1) is 12.4. The van der Waals surface area contributed by atoms with Gasteiger partial charge in [0.25, 0.3) is 5.69 Å². The van der Waals surface area contributed by atoms with Crippen molar-refractivity contribution in [1.82, 2.24) is 0 Å². The summed E-state index contributed by atoms with van der Waals surface area (Å²) in [6, 6.07) is 11.4. The zero-order valence-electron chi connectivity index (χ0n) is 13.9. The number of benzene rings is 2. The Morgan fingerprint density at radius 2 is 1.73 bits per heavy atom. The number of carbonyl (C=O) groups excluding carboxylic acids is 3. The lowest BCUT2D eigenvalue weighted by Crippen LogP contribution is -2.15. The van der Waals surface area contributed by atoms with Crippen LogP contribution in [0.4, 0.5) is 11.4 Å². The van der Waals surface area contributed by atoms with Crippen molar-refractivity contribution in [3.05, 3.63) is 69.8 Å². The molecule has 0 spiro atoms. The number of nitrogens with one attached hydrogen (secondary N) is 1. The smallest absolute Gasteiger partial charge is 0.345 e. The van der Waals surface area contributed by atoms with E-state index in [0.717, 1.165) is 0 Å². The molecule has 8 heteroatoms. The molecule has 1 N–H and O–H groups in total. The molecule has 0 aliphatic heterocycles. The number of para-hydroxylation sites is 1. The van der Waals surface area contributed by atoms with Crippen LogP contribution >= 0.6 is 0 Å². The van der Waals surface area contributed by atoms with Crippen molar-refractivity contribution in [1.29, 1.82) is 0 Å². The van der Waals surface area contributed by atoms with Gasteiger partial charge in [0.1, 0.15) is 5.56 Å². The van der Waals surface area contributed by atoms with E-state index < -0.39 is 23.3 Å². The summed E-state index contributed by atoms with van der Waals surface area (Å²) in [6.07, 6.45) is 0.336. The van der Waals surface area contributed by atoms with E-state index in [1.165, 1.54) is 36.4 Å². The summed E-state index contributed by atoms with van der Waals surface area (Å²) in [5, 5.41) is 13.6. The van der Waals surface area contributed by atoms with E-state index in [1.807, 2.05) is 0 Å². The van der Waals surface area contributed by atoms with Crippen molar-refractivity contribution in [2.24, 2.45) is 0 Å². The van der Waals surface area contributed by atoms with E-state index in [-0.39, 0.29) is 22.7 Å². The van der Waals surface area contributed by atoms with Gasteiger partial charge in [0.05, 0.1) is 4.92 Å². The van der Waals surface area contributed by atoms with E-state index in [9.17, 15) is 24.5 Å². The summed E-state index contributed by atoms with van der Waals surface area (Å²) < 4.78 is 4.88. The molecule has 1 amide bonds. The number of nitro benzene ring substituents is 1. The molecule has 0 fully saturated rings. The number of ketones is 1. The highest BCUT2D eigenvalue weighted by Crippen LogP contribution is 2.18. The lowest BCUT2D eigenvalue weighted by molar-refractivity contribution is -0.385. The van der Waals surface area contributed by atoms with Crippen molar-refractivity contribution in [2.45, 2.75) is 13.3 Å². The minimum absolute atomic E-state index is 0.150. The zero-order chi connectivity index (χ0) is 19.1. The first-order valence-corrected chi connectivity index (χ1v) is 7.76. The van der Waals surface area contributed by atoms with Crippen LogP contribution in [0.25, 0.3) is 0 Å². The molecule has 134 valence electrons. The van der Waals surface area contributed by atoms with E-state index in [4.69, 9.17) is 4.74 Å². The molecule has 2 aromatic carbocycles. The zero-order valence-corrected chi connectivity index (χ0v) is 13.9. The van der Waals surface area contributed by atoms with Crippen LogP contribution in [0.2, 0.25) is 0 Å². The fourth-order valence-electron chi connectivity index (χ4n) is 2.09. The number of nitro groups is 1. The molecule has 0 aliphatic carbocycles. The summed E-state index contributed by atoms with van der Waals surface area (Å²) in [5.41, 5.74) is 0.226. The molecule has 0 aliphatic rings. The highest BCUT2D eigenvalue weighted by atomic mass is 16.6. The number of amides is 1. The Morgan fingerprint density at radius 1 is 1.08 bits per heavy atom. The maximum Gasteiger partial charge on any atom is 0.345 e. The summed E-state index contributed by atoms with van der Waals surface area (Å²) >= 11 is 0. The number of Topliss-reactive ketones (excluding diaryl/α,β-unsaturated/α-hetero) is 1. The van der Waals surface area contributed by atoms with Crippen molar-refractivity contribution in [3.8, 4) is 0 Å². The van der Waals surface area contributed by atoms with Crippen LogP contribution in [0.15, 0.2) is 48.5 Å². The summed E-state index contributed by atoms with van der Waals surface area (Å²) in [6.45, 7) is 1.17. The second-order valence-corrected chi connectivity index (χ2v) is 5.25. The lowest BCUT2D eigenvalue weighted by Gasteiger charge is -2.06. The molecule has 0 heterocycles. The molecule has 2 rings (SSSR count). The second-order valence-electron chi connectivity index (χ2n) is 5.25. The van der Waals surface area contributed by atoms with Gasteiger partial charge in [-0.05, 0) is 30.3 Å². The maximum absolute atomic E-state index is 12.1. The van der Waals surface area contributed by atoms with Crippen LogP contribution in [-0.2, 0) is 9.53 Å². The van der Waals surface area contributed by atoms with Gasteiger partial charge >= 0.3 is 5.97 Å². The largest absolute Gasteiger partial charge is 0.454 e. The summed E-state index contributed by atoms with van der Waals surface area (Å²) in [7, 11) is 0. The highest BCUT2D eigenvalue weighted by Gasteiger charge is 2.21. The van der Waals surface area contributed by atoms with Crippen LogP contribution < -0.4 is 5.32 Å². The SMILES string of the molecule is CCC(=O)Nc1ccc(C(=O)COC(=O)c2ccccc2[N+](=O)[O-])cc1. The van der Waals surface area contributed by atoms with E-state index in [0.29, 0.717) is 12.1 Å². The number of carbonyl (C=O) groups is 3. The second kappa shape index (κ2) is 8.52. The Balaban J connectivity index is 1.99. The minimum atomic E-state index is -0.947. The molecule has 0 aromatic heterocycles. The predicted molar refractivity (Wildman–Crippen MR) is 93.1 cm³/mol. The average molecular weight is 356 g/mol. The predicted octanol–water partition coefficient (Wildman–Crippen LogP) is 2.98. The Morgan fingerprint density at radius 3 is 2.35 bits per heavy atom. The monoisotopic (exact) mass is 356 g/mol. The van der Waals surface area contributed by atoms with Crippen LogP contribution in [0.1, 0.15) is 34.1 Å². The van der Waals surface area contributed by atoms with Crippen molar-refractivity contribution >= 4 is 29.0 Å². The molecule has 0 saturated heterocycles. The van der Waals surface area contributed by atoms with Crippen molar-refractivity contribution in [3.63, 3.8) is 0 Å². The molecule has 0 bridgehead atoms. The van der Waals surface area contributed by atoms with Crippen molar-refractivity contribution < 1.29 is 24.0 Å². The van der Waals surface area contributed by atoms with Gasteiger partial charge in [-0.1, -0.05) is 19.1 Å². The average Bonchev–Trinajstić information content (AvgIpc) is 2.66. The molecular weight excluding hydrogens is 340 g/mol. The molecule has 0 unspecified atom stereocenters. The first-order valence-electron chi connectivity index (χ1n) is 7.76. The normalized spacial score (nSPS) is 10.0. The van der Waals surface area contributed by atoms with E-state index in [1.54, 1.807) is 19.1 Å². The van der Waals surface area contributed by atoms with Crippen LogP contribution in [0, 0.1) is 10.1 Å². The molecule has 26 heavy (non-hydrogen) atoms. The quantitative estimate of drug-likeness (QED) is 0.353. The van der Waals surface area contributed by atoms with Gasteiger partial charge in [-0.25, -0.2) is 4.79 Å². The van der Waals surface area contributed by atoms with Crippen LogP contribution in [0.3, 0.4) is 0 Å². The number of hydrogen-bond acceptors (Lipinski definition) is 6. The Hall–Kier alpha value is -3.55. The van der Waals surface area contributed by atoms with Crippen LogP contribution in [-0.4, -0.2) is 29.2 Å². The third kappa shape index (κ3) is 4.73. The molecule has 0 saturated carbocycles. The van der Waals surface area contributed by atoms with Gasteiger partial charge < -0.3 is 10.1 Å². The van der Waals surface area contributed by atoms with E-state index in [2.05, 4.69) is 5.32 Å². The van der Waals surface area contributed by atoms with Gasteiger partial charge in [0, 0.05) is 23.7 Å². The van der Waals surface area contributed by atoms with Gasteiger partial charge in [-0.2, -0.15) is 0 Å². The van der Waals surface area contributed by atoms with Crippen LogP contribution in [0.5, 0.6) is 0 Å². The summed E-state index contributed by atoms with van der Waals surface area (Å²) in [4.78, 5) is 45.6. The van der Waals surface area contributed by atoms with Gasteiger partial charge in [0.2, 0.25) is 5.91 Å². The standard InChI is InChI=1S/C18H16N2O6/c1-2-17(22)19-13-9-7-12(8-10-13)16(21)11-26-18(23)14-5-3-4-6-15(14)20(24)25/h3-10H,2,11H2,1H3,(H,19,22). The number of hydrogen-bond donors (Lipinski definition) is 1. The third-order valence-corrected chi connectivity index (χ3v) is 3.47. The number of esters is 1. The Labute approximate surface area is 148 Å². The minimum Gasteiger partial charge on any atom is -0.454 e. The number of ether oxygens (including phenoxy) is 1. The van der Waals surface area contributed by atoms with Gasteiger partial charge in [-0.3, -0.25) is 19.7 Å². The number of nitrogens with zero attached hydrogens (tertiary/aromatic N) is 1. The topological polar surface area (TPSA) is 116 Å². The molecule has 0 radical (unpaired) electrons. The fraction of sp³-hybridized carbons (Fsp3) is 0.167. The highest BCUT2D eigenvalue weighted by molar-refractivity contribution is 6.00. The fourth-order valence-corrected chi connectivity index (χ4v) is 2.09.